The average molecular weight is 418 g/mol. The molecule has 0 atom stereocenters. The summed E-state index contributed by atoms with van der Waals surface area (Å²) in [7, 11) is 0. The highest BCUT2D eigenvalue weighted by atomic mass is 16.5. The minimum atomic E-state index is -0.251. The van der Waals surface area contributed by atoms with Crippen LogP contribution in [0.25, 0.3) is 5.69 Å². The number of aryl methyl sites for hydroxylation is 2. The monoisotopic (exact) mass is 418 g/mol. The minimum absolute atomic E-state index is 0.0848. The van der Waals surface area contributed by atoms with Crippen LogP contribution in [0.5, 0.6) is 5.88 Å². The number of nitrogens with zero attached hydrogens (tertiary/aromatic N) is 4. The van der Waals surface area contributed by atoms with Crippen molar-refractivity contribution >= 4 is 11.6 Å². The van der Waals surface area contributed by atoms with Gasteiger partial charge in [0.2, 0.25) is 5.88 Å². The maximum atomic E-state index is 12.6. The van der Waals surface area contributed by atoms with Crippen LogP contribution in [-0.4, -0.2) is 53.4 Å². The van der Waals surface area contributed by atoms with Gasteiger partial charge in [-0.25, -0.2) is 0 Å². The molecule has 0 radical (unpaired) electrons. The fraction of sp³-hybridized carbons (Fsp3) is 0.292. The van der Waals surface area contributed by atoms with Gasteiger partial charge in [-0.3, -0.25) is 9.59 Å². The second-order valence-electron chi connectivity index (χ2n) is 7.68. The van der Waals surface area contributed by atoms with Crippen molar-refractivity contribution < 1.29 is 9.53 Å². The lowest BCUT2D eigenvalue weighted by atomic mass is 10.1. The van der Waals surface area contributed by atoms with Gasteiger partial charge < -0.3 is 14.5 Å². The van der Waals surface area contributed by atoms with E-state index in [0.717, 1.165) is 24.2 Å². The Morgan fingerprint density at radius 1 is 0.903 bits per heavy atom. The molecule has 1 aromatic heterocycles. The summed E-state index contributed by atoms with van der Waals surface area (Å²) in [4.78, 5) is 28.9. The van der Waals surface area contributed by atoms with E-state index in [1.54, 1.807) is 4.90 Å². The number of carbonyl (C=O) groups is 1. The molecule has 0 bridgehead atoms. The Hall–Kier alpha value is -3.61. The molecule has 0 N–H and O–H groups in total. The molecule has 160 valence electrons. The Balaban J connectivity index is 1.37. The van der Waals surface area contributed by atoms with Gasteiger partial charge in [0.15, 0.2) is 6.61 Å². The van der Waals surface area contributed by atoms with E-state index in [1.807, 2.05) is 50.2 Å². The van der Waals surface area contributed by atoms with Gasteiger partial charge in [0, 0.05) is 44.0 Å². The van der Waals surface area contributed by atoms with Gasteiger partial charge in [-0.1, -0.05) is 24.3 Å². The molecule has 1 saturated heterocycles. The third-order valence-electron chi connectivity index (χ3n) is 5.61. The van der Waals surface area contributed by atoms with Crippen LogP contribution >= 0.6 is 0 Å². The molecule has 4 rings (SSSR count). The molecule has 1 amide bonds. The lowest BCUT2D eigenvalue weighted by molar-refractivity contribution is -0.133. The van der Waals surface area contributed by atoms with E-state index in [2.05, 4.69) is 22.1 Å². The van der Waals surface area contributed by atoms with Crippen molar-refractivity contribution in [2.75, 3.05) is 37.7 Å². The number of ether oxygens (including phenoxy) is 1. The van der Waals surface area contributed by atoms with Crippen molar-refractivity contribution in [3.8, 4) is 11.6 Å². The van der Waals surface area contributed by atoms with Crippen LogP contribution in [0.3, 0.4) is 0 Å². The summed E-state index contributed by atoms with van der Waals surface area (Å²) in [6.45, 7) is 6.75. The highest BCUT2D eigenvalue weighted by Gasteiger charge is 2.21. The molecular weight excluding hydrogens is 392 g/mol. The maximum Gasteiger partial charge on any atom is 0.271 e. The molecule has 0 unspecified atom stereocenters. The molecule has 1 fully saturated rings. The first kappa shape index (κ1) is 20.7. The summed E-state index contributed by atoms with van der Waals surface area (Å²) in [5, 5.41) is 4.29. The second-order valence-corrected chi connectivity index (χ2v) is 7.68. The molecule has 31 heavy (non-hydrogen) atoms. The fourth-order valence-corrected chi connectivity index (χ4v) is 3.59. The normalized spacial score (nSPS) is 13.9. The smallest absolute Gasteiger partial charge is 0.271 e. The summed E-state index contributed by atoms with van der Waals surface area (Å²) in [5.74, 6) is 0.160. The van der Waals surface area contributed by atoms with E-state index in [4.69, 9.17) is 4.74 Å². The molecule has 0 aliphatic carbocycles. The number of amides is 1. The first-order valence-electron chi connectivity index (χ1n) is 10.4. The Bertz CT molecular complexity index is 1120. The van der Waals surface area contributed by atoms with Crippen molar-refractivity contribution in [3.05, 3.63) is 82.1 Å². The van der Waals surface area contributed by atoms with Crippen LogP contribution in [0.2, 0.25) is 0 Å². The number of piperazine rings is 1. The number of aromatic nitrogens is 2. The van der Waals surface area contributed by atoms with E-state index >= 15 is 0 Å². The Kier molecular flexibility index (Phi) is 6.02. The second kappa shape index (κ2) is 9.04. The molecule has 7 heteroatoms. The van der Waals surface area contributed by atoms with Crippen molar-refractivity contribution in [3.63, 3.8) is 0 Å². The van der Waals surface area contributed by atoms with Crippen LogP contribution in [-0.2, 0) is 4.79 Å². The van der Waals surface area contributed by atoms with Gasteiger partial charge in [0.1, 0.15) is 0 Å². The number of hydrogen-bond acceptors (Lipinski definition) is 5. The summed E-state index contributed by atoms with van der Waals surface area (Å²) in [6.07, 6.45) is 0. The van der Waals surface area contributed by atoms with Crippen LogP contribution in [0.1, 0.15) is 11.1 Å². The zero-order valence-electron chi connectivity index (χ0n) is 17.8. The molecule has 2 aromatic carbocycles. The van der Waals surface area contributed by atoms with Crippen LogP contribution in [0, 0.1) is 13.8 Å². The Labute approximate surface area is 181 Å². The predicted molar refractivity (Wildman–Crippen MR) is 120 cm³/mol. The lowest BCUT2D eigenvalue weighted by Crippen LogP contribution is -2.50. The molecular formula is C24H26N4O3. The quantitative estimate of drug-likeness (QED) is 0.637. The molecule has 7 nitrogen and oxygen atoms in total. The summed E-state index contributed by atoms with van der Waals surface area (Å²) < 4.78 is 6.92. The topological polar surface area (TPSA) is 67.7 Å². The summed E-state index contributed by atoms with van der Waals surface area (Å²) in [6, 6.07) is 18.8. The molecule has 0 spiro atoms. The van der Waals surface area contributed by atoms with E-state index < -0.39 is 0 Å². The first-order valence-corrected chi connectivity index (χ1v) is 10.4. The zero-order valence-corrected chi connectivity index (χ0v) is 17.8. The fourth-order valence-electron chi connectivity index (χ4n) is 3.59. The number of para-hydroxylation sites is 1. The van der Waals surface area contributed by atoms with Crippen molar-refractivity contribution in [1.82, 2.24) is 14.7 Å². The van der Waals surface area contributed by atoms with Gasteiger partial charge in [-0.05, 0) is 49.2 Å². The van der Waals surface area contributed by atoms with E-state index in [9.17, 15) is 9.59 Å². The van der Waals surface area contributed by atoms with Crippen molar-refractivity contribution in [2.45, 2.75) is 13.8 Å². The summed E-state index contributed by atoms with van der Waals surface area (Å²) >= 11 is 0. The van der Waals surface area contributed by atoms with E-state index in [0.29, 0.717) is 18.8 Å². The van der Waals surface area contributed by atoms with E-state index in [-0.39, 0.29) is 24.0 Å². The highest BCUT2D eigenvalue weighted by Crippen LogP contribution is 2.16. The SMILES string of the molecule is Cc1ccc(-n2nc(OCC(=O)N3CCN(c4ccccc4)CC3)ccc2=O)cc1C. The summed E-state index contributed by atoms with van der Waals surface area (Å²) in [5.41, 5.74) is 3.80. The van der Waals surface area contributed by atoms with Gasteiger partial charge in [0.25, 0.3) is 11.5 Å². The van der Waals surface area contributed by atoms with Crippen molar-refractivity contribution in [1.29, 1.82) is 0 Å². The van der Waals surface area contributed by atoms with Crippen LogP contribution in [0.4, 0.5) is 5.69 Å². The number of rotatable bonds is 5. The van der Waals surface area contributed by atoms with Gasteiger partial charge in [-0.2, -0.15) is 4.68 Å². The third-order valence-corrected chi connectivity index (χ3v) is 5.61. The number of benzene rings is 2. The largest absolute Gasteiger partial charge is 0.467 e. The van der Waals surface area contributed by atoms with Gasteiger partial charge >= 0.3 is 0 Å². The average Bonchev–Trinajstić information content (AvgIpc) is 2.81. The van der Waals surface area contributed by atoms with Crippen LogP contribution < -0.4 is 15.2 Å². The van der Waals surface area contributed by atoms with E-state index in [1.165, 1.54) is 22.5 Å². The zero-order chi connectivity index (χ0) is 21.8. The number of carbonyl (C=O) groups excluding carboxylic acids is 1. The molecule has 0 saturated carbocycles. The molecule has 1 aliphatic rings. The minimum Gasteiger partial charge on any atom is -0.467 e. The highest BCUT2D eigenvalue weighted by molar-refractivity contribution is 5.78. The van der Waals surface area contributed by atoms with Crippen molar-refractivity contribution in [2.24, 2.45) is 0 Å². The number of anilines is 1. The maximum absolute atomic E-state index is 12.6. The first-order chi connectivity index (χ1) is 15.0. The predicted octanol–water partition coefficient (Wildman–Crippen LogP) is 2.58. The lowest BCUT2D eigenvalue weighted by Gasteiger charge is -2.36. The number of hydrogen-bond donors (Lipinski definition) is 0. The van der Waals surface area contributed by atoms with Gasteiger partial charge in [0.05, 0.1) is 5.69 Å². The van der Waals surface area contributed by atoms with Gasteiger partial charge in [-0.15, -0.1) is 5.10 Å². The molecule has 1 aliphatic heterocycles. The molecule has 2 heterocycles. The third kappa shape index (κ3) is 4.77. The van der Waals surface area contributed by atoms with Crippen LogP contribution in [0.15, 0.2) is 65.5 Å². The Morgan fingerprint density at radius 2 is 1.65 bits per heavy atom. The standard InChI is InChI=1S/C24H26N4O3/c1-18-8-9-21(16-19(18)2)28-23(29)11-10-22(25-28)31-17-24(30)27-14-12-26(13-15-27)20-6-4-3-5-7-20/h3-11,16H,12-15,17H2,1-2H3. The Morgan fingerprint density at radius 3 is 2.35 bits per heavy atom. The molecule has 3 aromatic rings.